The first kappa shape index (κ1) is 13.4. The maximum absolute atomic E-state index is 11.7. The molecule has 1 aromatic carbocycles. The number of benzene rings is 1. The van der Waals surface area contributed by atoms with Crippen LogP contribution in [0.2, 0.25) is 5.02 Å². The zero-order valence-electron chi connectivity index (χ0n) is 10.7. The Morgan fingerprint density at radius 2 is 2.05 bits per heavy atom. The van der Waals surface area contributed by atoms with E-state index in [1.165, 1.54) is 6.08 Å². The summed E-state index contributed by atoms with van der Waals surface area (Å²) < 4.78 is 5.33. The van der Waals surface area contributed by atoms with Gasteiger partial charge >= 0.3 is 0 Å². The summed E-state index contributed by atoms with van der Waals surface area (Å²) >= 11 is 6.04. The summed E-state index contributed by atoms with van der Waals surface area (Å²) in [5.41, 5.74) is 1.64. The number of aryl methyl sites for hydroxylation is 2. The number of rotatable bonds is 3. The van der Waals surface area contributed by atoms with Gasteiger partial charge in [0, 0.05) is 6.08 Å². The molecule has 0 saturated heterocycles. The average Bonchev–Trinajstić information content (AvgIpc) is 2.76. The number of carbonyl (C=O) groups is 1. The van der Waals surface area contributed by atoms with Crippen LogP contribution in [-0.2, 0) is 4.79 Å². The van der Waals surface area contributed by atoms with Crippen molar-refractivity contribution in [3.8, 4) is 0 Å². The minimum atomic E-state index is -0.250. The summed E-state index contributed by atoms with van der Waals surface area (Å²) in [5.74, 6) is 1.20. The standard InChI is InChI=1S/C15H14ClNO2/c1-10-3-7-14(13(16)9-10)17-15(18)8-6-12-5-4-11(2)19-12/h3-9H,1-2H3,(H,17,18). The van der Waals surface area contributed by atoms with Crippen molar-refractivity contribution < 1.29 is 9.21 Å². The van der Waals surface area contributed by atoms with Crippen LogP contribution in [-0.4, -0.2) is 5.91 Å². The number of carbonyl (C=O) groups excluding carboxylic acids is 1. The highest BCUT2D eigenvalue weighted by molar-refractivity contribution is 6.33. The van der Waals surface area contributed by atoms with E-state index in [0.717, 1.165) is 11.3 Å². The molecule has 3 nitrogen and oxygen atoms in total. The van der Waals surface area contributed by atoms with Gasteiger partial charge in [-0.1, -0.05) is 17.7 Å². The van der Waals surface area contributed by atoms with Crippen molar-refractivity contribution in [3.63, 3.8) is 0 Å². The Bertz CT molecular complexity index is 629. The largest absolute Gasteiger partial charge is 0.462 e. The van der Waals surface area contributed by atoms with Gasteiger partial charge in [-0.3, -0.25) is 4.79 Å². The third-order valence-corrected chi connectivity index (χ3v) is 2.86. The molecular formula is C15H14ClNO2. The van der Waals surface area contributed by atoms with E-state index in [4.69, 9.17) is 16.0 Å². The topological polar surface area (TPSA) is 42.2 Å². The van der Waals surface area contributed by atoms with Crippen molar-refractivity contribution in [2.45, 2.75) is 13.8 Å². The zero-order chi connectivity index (χ0) is 13.8. The zero-order valence-corrected chi connectivity index (χ0v) is 11.5. The highest BCUT2D eigenvalue weighted by Gasteiger charge is 2.03. The van der Waals surface area contributed by atoms with E-state index in [1.54, 1.807) is 24.3 Å². The van der Waals surface area contributed by atoms with Crippen LogP contribution in [0.15, 0.2) is 40.8 Å². The lowest BCUT2D eigenvalue weighted by Crippen LogP contribution is -2.08. The fourth-order valence-electron chi connectivity index (χ4n) is 1.60. The normalized spacial score (nSPS) is 10.9. The summed E-state index contributed by atoms with van der Waals surface area (Å²) in [6.07, 6.45) is 3.03. The molecule has 0 bridgehead atoms. The van der Waals surface area contributed by atoms with Gasteiger partial charge in [-0.05, 0) is 49.8 Å². The van der Waals surface area contributed by atoms with E-state index in [9.17, 15) is 4.79 Å². The highest BCUT2D eigenvalue weighted by Crippen LogP contribution is 2.22. The molecule has 2 aromatic rings. The van der Waals surface area contributed by atoms with Gasteiger partial charge in [0.15, 0.2) is 0 Å². The van der Waals surface area contributed by atoms with E-state index in [2.05, 4.69) is 5.32 Å². The molecule has 0 atom stereocenters. The molecule has 0 aliphatic carbocycles. The number of nitrogens with one attached hydrogen (secondary N) is 1. The molecular weight excluding hydrogens is 262 g/mol. The lowest BCUT2D eigenvalue weighted by molar-refractivity contribution is -0.111. The van der Waals surface area contributed by atoms with Crippen molar-refractivity contribution in [3.05, 3.63) is 58.5 Å². The summed E-state index contributed by atoms with van der Waals surface area (Å²) in [6, 6.07) is 9.12. The Morgan fingerprint density at radius 3 is 2.68 bits per heavy atom. The minimum absolute atomic E-state index is 0.250. The van der Waals surface area contributed by atoms with Crippen LogP contribution in [0.5, 0.6) is 0 Å². The van der Waals surface area contributed by atoms with Crippen LogP contribution in [0.25, 0.3) is 6.08 Å². The molecule has 0 radical (unpaired) electrons. The third-order valence-electron chi connectivity index (χ3n) is 2.54. The number of hydrogen-bond donors (Lipinski definition) is 1. The second kappa shape index (κ2) is 5.76. The van der Waals surface area contributed by atoms with Gasteiger partial charge < -0.3 is 9.73 Å². The summed E-state index contributed by atoms with van der Waals surface area (Å²) in [5, 5.41) is 3.24. The molecule has 0 aliphatic heterocycles. The van der Waals surface area contributed by atoms with Crippen LogP contribution in [0.4, 0.5) is 5.69 Å². The molecule has 2 rings (SSSR count). The monoisotopic (exact) mass is 275 g/mol. The predicted molar refractivity (Wildman–Crippen MR) is 77.3 cm³/mol. The molecule has 1 N–H and O–H groups in total. The molecule has 0 spiro atoms. The fourth-order valence-corrected chi connectivity index (χ4v) is 1.88. The Hall–Kier alpha value is -2.00. The van der Waals surface area contributed by atoms with E-state index in [1.807, 2.05) is 26.0 Å². The second-order valence-corrected chi connectivity index (χ2v) is 4.66. The summed E-state index contributed by atoms with van der Waals surface area (Å²) in [7, 11) is 0. The van der Waals surface area contributed by atoms with Crippen molar-refractivity contribution in [2.75, 3.05) is 5.32 Å². The van der Waals surface area contributed by atoms with E-state index in [-0.39, 0.29) is 5.91 Å². The number of furan rings is 1. The molecule has 0 aliphatic rings. The van der Waals surface area contributed by atoms with Gasteiger partial charge in [-0.2, -0.15) is 0 Å². The first-order valence-corrected chi connectivity index (χ1v) is 6.24. The minimum Gasteiger partial charge on any atom is -0.462 e. The molecule has 1 aromatic heterocycles. The lowest BCUT2D eigenvalue weighted by Gasteiger charge is -2.05. The van der Waals surface area contributed by atoms with Gasteiger partial charge in [0.05, 0.1) is 10.7 Å². The Morgan fingerprint density at radius 1 is 1.26 bits per heavy atom. The fraction of sp³-hybridized carbons (Fsp3) is 0.133. The SMILES string of the molecule is Cc1ccc(NC(=O)C=Cc2ccc(C)o2)c(Cl)c1. The van der Waals surface area contributed by atoms with Crippen molar-refractivity contribution >= 4 is 29.3 Å². The average molecular weight is 276 g/mol. The summed E-state index contributed by atoms with van der Waals surface area (Å²) in [4.78, 5) is 11.7. The van der Waals surface area contributed by atoms with Crippen molar-refractivity contribution in [2.24, 2.45) is 0 Å². The van der Waals surface area contributed by atoms with Gasteiger partial charge in [0.1, 0.15) is 11.5 Å². The second-order valence-electron chi connectivity index (χ2n) is 4.25. The van der Waals surface area contributed by atoms with Gasteiger partial charge in [0.25, 0.3) is 0 Å². The number of amides is 1. The molecule has 4 heteroatoms. The molecule has 0 saturated carbocycles. The van der Waals surface area contributed by atoms with Gasteiger partial charge in [0.2, 0.25) is 5.91 Å². The maximum Gasteiger partial charge on any atom is 0.248 e. The molecule has 0 fully saturated rings. The first-order valence-electron chi connectivity index (χ1n) is 5.86. The lowest BCUT2D eigenvalue weighted by atomic mass is 10.2. The number of hydrogen-bond acceptors (Lipinski definition) is 2. The van der Waals surface area contributed by atoms with Crippen molar-refractivity contribution in [1.82, 2.24) is 0 Å². The Kier molecular flexibility index (Phi) is 4.07. The Labute approximate surface area is 116 Å². The van der Waals surface area contributed by atoms with Crippen LogP contribution in [0.3, 0.4) is 0 Å². The van der Waals surface area contributed by atoms with Crippen molar-refractivity contribution in [1.29, 1.82) is 0 Å². The quantitative estimate of drug-likeness (QED) is 0.853. The van der Waals surface area contributed by atoms with Gasteiger partial charge in [-0.25, -0.2) is 0 Å². The molecule has 1 amide bonds. The number of halogens is 1. The highest BCUT2D eigenvalue weighted by atomic mass is 35.5. The first-order chi connectivity index (χ1) is 9.04. The third kappa shape index (κ3) is 3.73. The van der Waals surface area contributed by atoms with E-state index in [0.29, 0.717) is 16.5 Å². The van der Waals surface area contributed by atoms with E-state index >= 15 is 0 Å². The number of anilines is 1. The Balaban J connectivity index is 2.03. The predicted octanol–water partition coefficient (Wildman–Crippen LogP) is 4.20. The van der Waals surface area contributed by atoms with Crippen LogP contribution in [0, 0.1) is 13.8 Å². The summed E-state index contributed by atoms with van der Waals surface area (Å²) in [6.45, 7) is 3.79. The molecule has 19 heavy (non-hydrogen) atoms. The molecule has 0 unspecified atom stereocenters. The van der Waals surface area contributed by atoms with E-state index < -0.39 is 0 Å². The van der Waals surface area contributed by atoms with Crippen LogP contribution < -0.4 is 5.32 Å². The molecule has 1 heterocycles. The van der Waals surface area contributed by atoms with Crippen LogP contribution in [0.1, 0.15) is 17.1 Å². The van der Waals surface area contributed by atoms with Crippen LogP contribution >= 0.6 is 11.6 Å². The molecule has 98 valence electrons. The van der Waals surface area contributed by atoms with Gasteiger partial charge in [-0.15, -0.1) is 0 Å². The smallest absolute Gasteiger partial charge is 0.248 e. The maximum atomic E-state index is 11.7.